The van der Waals surface area contributed by atoms with Crippen LogP contribution in [0.15, 0.2) is 47.4 Å². The van der Waals surface area contributed by atoms with Crippen molar-refractivity contribution in [2.75, 3.05) is 26.7 Å². The molecule has 1 saturated heterocycles. The Labute approximate surface area is 159 Å². The summed E-state index contributed by atoms with van der Waals surface area (Å²) in [4.78, 5) is 29.1. The number of amides is 1. The van der Waals surface area contributed by atoms with Crippen LogP contribution in [0.4, 0.5) is 0 Å². The maximum absolute atomic E-state index is 13.3. The summed E-state index contributed by atoms with van der Waals surface area (Å²) in [5.41, 5.74) is 1.06. The molecule has 0 atom stereocenters. The summed E-state index contributed by atoms with van der Waals surface area (Å²) in [5.74, 6) is 0.807. The fourth-order valence-corrected chi connectivity index (χ4v) is 3.94. The fraction of sp³-hybridized carbons (Fsp3) is 0.429. The van der Waals surface area contributed by atoms with Crippen molar-refractivity contribution in [3.05, 3.63) is 64.1 Å². The zero-order valence-corrected chi connectivity index (χ0v) is 15.9. The average molecular weight is 367 g/mol. The molecule has 142 valence electrons. The number of fused-ring (bicyclic) bond motifs is 1. The van der Waals surface area contributed by atoms with E-state index in [1.54, 1.807) is 19.3 Å². The quantitative estimate of drug-likeness (QED) is 0.772. The largest absolute Gasteiger partial charge is 0.485 e. The Morgan fingerprint density at radius 1 is 1.07 bits per heavy atom. The van der Waals surface area contributed by atoms with Crippen LogP contribution in [0.1, 0.15) is 28.8 Å². The number of piperidine rings is 1. The number of para-hydroxylation sites is 1. The Bertz CT molecular complexity index is 913. The van der Waals surface area contributed by atoms with E-state index >= 15 is 0 Å². The van der Waals surface area contributed by atoms with E-state index in [0.717, 1.165) is 37.2 Å². The highest BCUT2D eigenvalue weighted by molar-refractivity contribution is 5.94. The average Bonchev–Trinajstić information content (AvgIpc) is 2.83. The maximum atomic E-state index is 13.3. The van der Waals surface area contributed by atoms with E-state index in [2.05, 4.69) is 11.9 Å². The molecule has 1 amide bonds. The molecule has 3 heterocycles. The van der Waals surface area contributed by atoms with Crippen molar-refractivity contribution in [3.8, 4) is 5.75 Å². The lowest BCUT2D eigenvalue weighted by Gasteiger charge is -2.41. The standard InChI is InChI=1S/C21H25N3O3/c1-22-11-9-21(10-12-22)15-24(14-16-5-3-4-6-18(16)27-21)20(26)17-7-8-19(25)23(2)13-17/h3-8,13H,9-12,14-15H2,1-2H3. The first kappa shape index (κ1) is 17.8. The van der Waals surface area contributed by atoms with Gasteiger partial charge in [-0.1, -0.05) is 18.2 Å². The Morgan fingerprint density at radius 2 is 1.81 bits per heavy atom. The van der Waals surface area contributed by atoms with Gasteiger partial charge in [0.15, 0.2) is 0 Å². The van der Waals surface area contributed by atoms with Crippen molar-refractivity contribution in [2.24, 2.45) is 7.05 Å². The van der Waals surface area contributed by atoms with Gasteiger partial charge in [0.05, 0.1) is 12.1 Å². The van der Waals surface area contributed by atoms with E-state index in [1.807, 2.05) is 29.2 Å². The number of aryl methyl sites for hydroxylation is 1. The number of nitrogens with zero attached hydrogens (tertiary/aromatic N) is 3. The lowest BCUT2D eigenvalue weighted by atomic mass is 9.90. The molecule has 1 aromatic heterocycles. The molecule has 2 aromatic rings. The normalized spacial score (nSPS) is 19.3. The van der Waals surface area contributed by atoms with Crippen molar-refractivity contribution in [2.45, 2.75) is 25.0 Å². The molecule has 4 rings (SSSR count). The van der Waals surface area contributed by atoms with E-state index in [1.165, 1.54) is 10.6 Å². The number of carbonyl (C=O) groups excluding carboxylic acids is 1. The van der Waals surface area contributed by atoms with Gasteiger partial charge in [-0.15, -0.1) is 0 Å². The molecule has 0 N–H and O–H groups in total. The zero-order valence-electron chi connectivity index (χ0n) is 15.9. The number of benzene rings is 1. The second-order valence-electron chi connectivity index (χ2n) is 7.72. The Morgan fingerprint density at radius 3 is 2.56 bits per heavy atom. The summed E-state index contributed by atoms with van der Waals surface area (Å²) in [6.45, 7) is 2.96. The van der Waals surface area contributed by atoms with Crippen LogP contribution >= 0.6 is 0 Å². The predicted octanol–water partition coefficient (Wildman–Crippen LogP) is 1.88. The third kappa shape index (κ3) is 3.49. The van der Waals surface area contributed by atoms with E-state index in [9.17, 15) is 9.59 Å². The van der Waals surface area contributed by atoms with Gasteiger partial charge >= 0.3 is 0 Å². The highest BCUT2D eigenvalue weighted by atomic mass is 16.5. The van der Waals surface area contributed by atoms with Crippen LogP contribution in [-0.2, 0) is 13.6 Å². The van der Waals surface area contributed by atoms with Crippen molar-refractivity contribution < 1.29 is 9.53 Å². The number of likely N-dealkylation sites (tertiary alicyclic amines) is 1. The molecule has 1 fully saturated rings. The van der Waals surface area contributed by atoms with Gasteiger partial charge in [0.1, 0.15) is 11.4 Å². The Kier molecular flexibility index (Phi) is 4.52. The predicted molar refractivity (Wildman–Crippen MR) is 103 cm³/mol. The first-order valence-corrected chi connectivity index (χ1v) is 9.37. The minimum absolute atomic E-state index is 0.0655. The zero-order chi connectivity index (χ0) is 19.0. The molecule has 0 unspecified atom stereocenters. The molecule has 0 saturated carbocycles. The van der Waals surface area contributed by atoms with Crippen LogP contribution in [-0.4, -0.2) is 52.6 Å². The molecule has 6 heteroatoms. The van der Waals surface area contributed by atoms with Gasteiger partial charge in [0.25, 0.3) is 5.91 Å². The summed E-state index contributed by atoms with van der Waals surface area (Å²) in [5, 5.41) is 0. The minimum atomic E-state index is -0.366. The monoisotopic (exact) mass is 367 g/mol. The van der Waals surface area contributed by atoms with E-state index in [4.69, 9.17) is 4.74 Å². The summed E-state index contributed by atoms with van der Waals surface area (Å²) < 4.78 is 7.96. The molecule has 0 aliphatic carbocycles. The van der Waals surface area contributed by atoms with Crippen molar-refractivity contribution in [1.82, 2.24) is 14.4 Å². The first-order valence-electron chi connectivity index (χ1n) is 9.37. The lowest BCUT2D eigenvalue weighted by molar-refractivity contribution is -0.0103. The van der Waals surface area contributed by atoms with E-state index in [0.29, 0.717) is 18.7 Å². The molecule has 27 heavy (non-hydrogen) atoms. The highest BCUT2D eigenvalue weighted by Crippen LogP contribution is 2.35. The number of hydrogen-bond donors (Lipinski definition) is 0. The second-order valence-corrected chi connectivity index (χ2v) is 7.72. The lowest BCUT2D eigenvalue weighted by Crippen LogP contribution is -2.53. The highest BCUT2D eigenvalue weighted by Gasteiger charge is 2.41. The molecule has 1 spiro atoms. The van der Waals surface area contributed by atoms with Crippen LogP contribution < -0.4 is 10.3 Å². The number of pyridine rings is 1. The SMILES string of the molecule is CN1CCC2(CC1)CN(C(=O)c1ccc(=O)n(C)c1)Cc1ccccc1O2. The van der Waals surface area contributed by atoms with Gasteiger partial charge in [-0.3, -0.25) is 9.59 Å². The molecule has 0 radical (unpaired) electrons. The van der Waals surface area contributed by atoms with Crippen LogP contribution in [0, 0.1) is 0 Å². The van der Waals surface area contributed by atoms with Crippen molar-refractivity contribution >= 4 is 5.91 Å². The Hall–Kier alpha value is -2.60. The molecule has 1 aromatic carbocycles. The number of ether oxygens (including phenoxy) is 1. The van der Waals surface area contributed by atoms with Gasteiger partial charge in [-0.2, -0.15) is 0 Å². The molecule has 0 bridgehead atoms. The minimum Gasteiger partial charge on any atom is -0.485 e. The first-order chi connectivity index (χ1) is 13.0. The fourth-order valence-electron chi connectivity index (χ4n) is 3.94. The number of rotatable bonds is 1. The third-order valence-electron chi connectivity index (χ3n) is 5.66. The number of carbonyl (C=O) groups is 1. The molecule has 6 nitrogen and oxygen atoms in total. The third-order valence-corrected chi connectivity index (χ3v) is 5.66. The number of hydrogen-bond acceptors (Lipinski definition) is 4. The molecule has 2 aliphatic heterocycles. The van der Waals surface area contributed by atoms with E-state index in [-0.39, 0.29) is 17.1 Å². The van der Waals surface area contributed by atoms with Gasteiger partial charge < -0.3 is 19.1 Å². The smallest absolute Gasteiger partial charge is 0.255 e. The van der Waals surface area contributed by atoms with Crippen LogP contribution in [0.25, 0.3) is 0 Å². The summed E-state index contributed by atoms with van der Waals surface area (Å²) >= 11 is 0. The van der Waals surface area contributed by atoms with Gasteiger partial charge in [-0.25, -0.2) is 0 Å². The topological polar surface area (TPSA) is 54.8 Å². The summed E-state index contributed by atoms with van der Waals surface area (Å²) in [7, 11) is 3.78. The van der Waals surface area contributed by atoms with Gasteiger partial charge in [0, 0.05) is 57.4 Å². The van der Waals surface area contributed by atoms with Crippen LogP contribution in [0.3, 0.4) is 0 Å². The maximum Gasteiger partial charge on any atom is 0.255 e. The number of aromatic nitrogens is 1. The van der Waals surface area contributed by atoms with Gasteiger partial charge in [0.2, 0.25) is 5.56 Å². The molecule has 2 aliphatic rings. The summed E-state index contributed by atoms with van der Waals surface area (Å²) in [6, 6.07) is 11.0. The molecular weight excluding hydrogens is 342 g/mol. The summed E-state index contributed by atoms with van der Waals surface area (Å²) in [6.07, 6.45) is 3.38. The van der Waals surface area contributed by atoms with Crippen LogP contribution in [0.2, 0.25) is 0 Å². The van der Waals surface area contributed by atoms with E-state index < -0.39 is 0 Å². The second kappa shape index (κ2) is 6.85. The van der Waals surface area contributed by atoms with Gasteiger partial charge in [-0.05, 0) is 19.2 Å². The van der Waals surface area contributed by atoms with Crippen molar-refractivity contribution in [1.29, 1.82) is 0 Å². The van der Waals surface area contributed by atoms with Crippen molar-refractivity contribution in [3.63, 3.8) is 0 Å². The Balaban J connectivity index is 1.70. The van der Waals surface area contributed by atoms with Crippen LogP contribution in [0.5, 0.6) is 5.75 Å². The molecular formula is C21H25N3O3.